The molecule has 2 aromatic rings. The number of carbonyl (C=O) groups is 1. The summed E-state index contributed by atoms with van der Waals surface area (Å²) in [5, 5.41) is 1.64. The summed E-state index contributed by atoms with van der Waals surface area (Å²) in [4.78, 5) is 15.1. The molecule has 0 aromatic heterocycles. The summed E-state index contributed by atoms with van der Waals surface area (Å²) in [5.74, 6) is -0.0230. The fraction of sp³-hybridized carbons (Fsp3) is 0.667. The molecular formula is C39H64O7Si3. The van der Waals surface area contributed by atoms with Crippen LogP contribution in [-0.4, -0.2) is 75.0 Å². The van der Waals surface area contributed by atoms with Gasteiger partial charge in [0.1, 0.15) is 12.2 Å². The lowest BCUT2D eigenvalue weighted by molar-refractivity contribution is -0.148. The zero-order valence-corrected chi connectivity index (χ0v) is 35.7. The minimum absolute atomic E-state index is 0.0230. The third-order valence-electron chi connectivity index (χ3n) is 10.1. The Kier molecular flexibility index (Phi) is 12.2. The van der Waals surface area contributed by atoms with Crippen LogP contribution >= 0.6 is 0 Å². The molecule has 2 saturated heterocycles. The average molecular weight is 729 g/mol. The van der Waals surface area contributed by atoms with Gasteiger partial charge in [0.15, 0.2) is 5.78 Å². The highest BCUT2D eigenvalue weighted by atomic mass is 28.4. The van der Waals surface area contributed by atoms with Gasteiger partial charge in [0.2, 0.25) is 0 Å². The van der Waals surface area contributed by atoms with Crippen LogP contribution in [-0.2, 0) is 31.7 Å². The fourth-order valence-electron chi connectivity index (χ4n) is 8.40. The Morgan fingerprint density at radius 2 is 1.24 bits per heavy atom. The van der Waals surface area contributed by atoms with Crippen LogP contribution in [0, 0.1) is 0 Å². The first-order valence-corrected chi connectivity index (χ1v) is 24.3. The minimum atomic E-state index is -3.14. The van der Waals surface area contributed by atoms with E-state index < -0.39 is 43.2 Å². The standard InChI is InChI=1S/C39H64O7Si3/c1-28(2)44-47(14,45-29(3)4)35-25-32-33(26-42-49(46-32,38(8,9)10)39(11,12)13)43-34(36(35)40)27-41-48(37(5,6)7,30-21-17-15-18-22-30)31-23-19-16-20-24-31/h15-24,28-29,32-35H,25-27H2,1-14H3/t32-,33+,34-,35+/m0/s1. The molecule has 4 atom stereocenters. The molecule has 0 spiro atoms. The van der Waals surface area contributed by atoms with Gasteiger partial charge in [-0.05, 0) is 56.1 Å². The topological polar surface area (TPSA) is 72.5 Å². The molecule has 0 bridgehead atoms. The lowest BCUT2D eigenvalue weighted by Gasteiger charge is -2.54. The fourth-order valence-corrected chi connectivity index (χ4v) is 21.5. The maximum Gasteiger partial charge on any atom is 0.349 e. The summed E-state index contributed by atoms with van der Waals surface area (Å²) < 4.78 is 41.8. The van der Waals surface area contributed by atoms with Crippen LogP contribution in [0.2, 0.25) is 27.2 Å². The summed E-state index contributed by atoms with van der Waals surface area (Å²) in [7, 11) is -8.96. The van der Waals surface area contributed by atoms with E-state index in [1.165, 1.54) is 0 Å². The molecule has 0 saturated carbocycles. The SMILES string of the molecule is CC(C)O[Si](C)(OC(C)C)[C@@H]1C[C@@H]2O[Si](C(C)(C)C)(C(C)(C)C)OC[C@H]2O[C@@H](CO[Si](c2ccccc2)(c2ccccc2)C(C)(C)C)C1=O. The molecule has 4 rings (SSSR count). The Morgan fingerprint density at radius 3 is 1.65 bits per heavy atom. The molecule has 2 aromatic carbocycles. The zero-order chi connectivity index (χ0) is 36.6. The van der Waals surface area contributed by atoms with Crippen LogP contribution in [0.4, 0.5) is 0 Å². The summed E-state index contributed by atoms with van der Waals surface area (Å²) in [6, 6.07) is 21.0. The Balaban J connectivity index is 1.83. The maximum atomic E-state index is 15.1. The predicted octanol–water partition coefficient (Wildman–Crippen LogP) is 8.04. The smallest absolute Gasteiger partial charge is 0.349 e. The predicted molar refractivity (Wildman–Crippen MR) is 206 cm³/mol. The first-order chi connectivity index (χ1) is 22.6. The molecule has 49 heavy (non-hydrogen) atoms. The van der Waals surface area contributed by atoms with E-state index in [1.807, 2.05) is 46.4 Å². The van der Waals surface area contributed by atoms with Gasteiger partial charge in [-0.3, -0.25) is 4.79 Å². The first-order valence-electron chi connectivity index (χ1n) is 18.2. The molecule has 274 valence electrons. The Bertz CT molecular complexity index is 1320. The second-order valence-electron chi connectivity index (χ2n) is 17.8. The highest BCUT2D eigenvalue weighted by Gasteiger charge is 2.64. The maximum absolute atomic E-state index is 15.1. The highest BCUT2D eigenvalue weighted by molar-refractivity contribution is 6.99. The number of carbonyl (C=O) groups excluding carboxylic acids is 1. The number of ketones is 1. The van der Waals surface area contributed by atoms with Gasteiger partial charge in [0, 0.05) is 22.3 Å². The summed E-state index contributed by atoms with van der Waals surface area (Å²) in [6.07, 6.45) is -1.37. The molecule has 7 nitrogen and oxygen atoms in total. The Hall–Kier alpha value is -1.48. The molecule has 2 fully saturated rings. The van der Waals surface area contributed by atoms with Crippen molar-refractivity contribution < 1.29 is 31.7 Å². The summed E-state index contributed by atoms with van der Waals surface area (Å²) in [6.45, 7) is 30.6. The Morgan fingerprint density at radius 1 is 0.776 bits per heavy atom. The van der Waals surface area contributed by atoms with Crippen LogP contribution in [0.1, 0.15) is 96.4 Å². The van der Waals surface area contributed by atoms with E-state index in [1.54, 1.807) is 0 Å². The molecule has 2 aliphatic heterocycles. The van der Waals surface area contributed by atoms with Gasteiger partial charge in [-0.15, -0.1) is 0 Å². The van der Waals surface area contributed by atoms with Crippen LogP contribution in [0.5, 0.6) is 0 Å². The van der Waals surface area contributed by atoms with Crippen molar-refractivity contribution >= 4 is 41.6 Å². The van der Waals surface area contributed by atoms with Crippen molar-refractivity contribution in [2.45, 2.75) is 154 Å². The molecular weight excluding hydrogens is 665 g/mol. The third kappa shape index (κ3) is 8.13. The number of rotatable bonds is 10. The van der Waals surface area contributed by atoms with Crippen molar-refractivity contribution in [1.82, 2.24) is 0 Å². The number of ether oxygens (including phenoxy) is 1. The van der Waals surface area contributed by atoms with Crippen molar-refractivity contribution in [1.29, 1.82) is 0 Å². The molecule has 2 heterocycles. The average Bonchev–Trinajstić information content (AvgIpc) is 3.12. The second kappa shape index (κ2) is 14.9. The molecule has 0 N–H and O–H groups in total. The number of benzene rings is 2. The normalized spacial score (nSPS) is 24.2. The van der Waals surface area contributed by atoms with E-state index in [0.29, 0.717) is 13.0 Å². The number of Topliss-reactive ketones (excluding diaryl/α,β-unsaturated/α-hetero) is 1. The lowest BCUT2D eigenvalue weighted by Crippen LogP contribution is -2.67. The molecule has 0 aliphatic carbocycles. The number of hydrogen-bond donors (Lipinski definition) is 0. The van der Waals surface area contributed by atoms with E-state index in [9.17, 15) is 0 Å². The van der Waals surface area contributed by atoms with Crippen molar-refractivity contribution in [3.8, 4) is 0 Å². The van der Waals surface area contributed by atoms with Gasteiger partial charge in [0.05, 0.1) is 24.9 Å². The van der Waals surface area contributed by atoms with Crippen LogP contribution in [0.3, 0.4) is 0 Å². The van der Waals surface area contributed by atoms with Gasteiger partial charge < -0.3 is 26.9 Å². The van der Waals surface area contributed by atoms with Gasteiger partial charge in [-0.2, -0.15) is 0 Å². The van der Waals surface area contributed by atoms with Crippen molar-refractivity contribution in [3.05, 3.63) is 60.7 Å². The summed E-state index contributed by atoms with van der Waals surface area (Å²) in [5.41, 5.74) is -0.523. The van der Waals surface area contributed by atoms with Gasteiger partial charge in [0.25, 0.3) is 8.32 Å². The van der Waals surface area contributed by atoms with Gasteiger partial charge in [-0.1, -0.05) is 123 Å². The number of hydrogen-bond acceptors (Lipinski definition) is 7. The molecule has 2 aliphatic rings. The molecule has 0 amide bonds. The molecule has 0 radical (unpaired) electrons. The van der Waals surface area contributed by atoms with E-state index in [0.717, 1.165) is 10.4 Å². The van der Waals surface area contributed by atoms with Gasteiger partial charge >= 0.3 is 17.1 Å². The van der Waals surface area contributed by atoms with Crippen LogP contribution in [0.15, 0.2) is 60.7 Å². The quantitative estimate of drug-likeness (QED) is 0.230. The van der Waals surface area contributed by atoms with Crippen molar-refractivity contribution in [3.63, 3.8) is 0 Å². The van der Waals surface area contributed by atoms with E-state index in [-0.39, 0.29) is 45.8 Å². The third-order valence-corrected chi connectivity index (χ3v) is 23.9. The van der Waals surface area contributed by atoms with Crippen molar-refractivity contribution in [2.24, 2.45) is 0 Å². The monoisotopic (exact) mass is 728 g/mol. The van der Waals surface area contributed by atoms with E-state index in [4.69, 9.17) is 26.9 Å². The first kappa shape index (κ1) is 40.3. The largest absolute Gasteiger partial charge is 0.404 e. The minimum Gasteiger partial charge on any atom is -0.404 e. The second-order valence-corrected chi connectivity index (χ2v) is 30.0. The van der Waals surface area contributed by atoms with Crippen molar-refractivity contribution in [2.75, 3.05) is 13.2 Å². The zero-order valence-electron chi connectivity index (χ0n) is 32.7. The highest BCUT2D eigenvalue weighted by Crippen LogP contribution is 2.55. The number of fused-ring (bicyclic) bond motifs is 1. The van der Waals surface area contributed by atoms with E-state index >= 15 is 4.79 Å². The summed E-state index contributed by atoms with van der Waals surface area (Å²) >= 11 is 0. The molecule has 10 heteroatoms. The molecule has 0 unspecified atom stereocenters. The van der Waals surface area contributed by atoms with E-state index in [2.05, 4.69) is 111 Å². The lowest BCUT2D eigenvalue weighted by atomic mass is 10.1. The van der Waals surface area contributed by atoms with Gasteiger partial charge in [-0.25, -0.2) is 0 Å². The van der Waals surface area contributed by atoms with Crippen LogP contribution < -0.4 is 10.4 Å². The van der Waals surface area contributed by atoms with Crippen LogP contribution in [0.25, 0.3) is 0 Å². The Labute approximate surface area is 300 Å².